The van der Waals surface area contributed by atoms with Crippen LogP contribution in [-0.4, -0.2) is 27.4 Å². The number of amides is 2. The van der Waals surface area contributed by atoms with Crippen molar-refractivity contribution in [1.29, 1.82) is 0 Å². The number of benzene rings is 1. The molecule has 120 valence electrons. The van der Waals surface area contributed by atoms with Crippen LogP contribution in [0, 0.1) is 0 Å². The van der Waals surface area contributed by atoms with E-state index in [-0.39, 0.29) is 12.1 Å². The van der Waals surface area contributed by atoms with Gasteiger partial charge in [-0.05, 0) is 42.7 Å². The largest absolute Gasteiger partial charge is 0.322 e. The fraction of sp³-hybridized carbons (Fsp3) is 0.211. The quantitative estimate of drug-likeness (QED) is 0.777. The summed E-state index contributed by atoms with van der Waals surface area (Å²) in [4.78, 5) is 23.2. The van der Waals surface area contributed by atoms with Gasteiger partial charge in [0.2, 0.25) is 0 Å². The van der Waals surface area contributed by atoms with Gasteiger partial charge in [0.25, 0.3) is 0 Å². The Hall–Kier alpha value is -2.95. The van der Waals surface area contributed by atoms with Gasteiger partial charge in [-0.2, -0.15) is 0 Å². The van der Waals surface area contributed by atoms with E-state index in [1.165, 1.54) is 0 Å². The molecule has 0 radical (unpaired) electrons. The number of pyridine rings is 2. The molecule has 0 bridgehead atoms. The van der Waals surface area contributed by atoms with Gasteiger partial charge in [0.1, 0.15) is 0 Å². The molecule has 1 N–H and O–H groups in total. The van der Waals surface area contributed by atoms with Crippen LogP contribution in [0.5, 0.6) is 0 Å². The number of hydrogen-bond acceptors (Lipinski definition) is 3. The Morgan fingerprint density at radius 3 is 2.79 bits per heavy atom. The van der Waals surface area contributed by atoms with Gasteiger partial charge in [-0.1, -0.05) is 18.2 Å². The van der Waals surface area contributed by atoms with Crippen molar-refractivity contribution in [2.75, 3.05) is 11.9 Å². The van der Waals surface area contributed by atoms with Crippen LogP contribution in [0.1, 0.15) is 24.4 Å². The topological polar surface area (TPSA) is 58.1 Å². The summed E-state index contributed by atoms with van der Waals surface area (Å²) >= 11 is 0. The lowest BCUT2D eigenvalue weighted by Gasteiger charge is -2.25. The summed E-state index contributed by atoms with van der Waals surface area (Å²) in [6.07, 6.45) is 7.28. The smallest absolute Gasteiger partial charge is 0.317 e. The Balaban J connectivity index is 1.59. The van der Waals surface area contributed by atoms with E-state index < -0.39 is 0 Å². The fourth-order valence-electron chi connectivity index (χ4n) is 3.33. The number of carbonyl (C=O) groups excluding carboxylic acids is 1. The van der Waals surface area contributed by atoms with E-state index >= 15 is 0 Å². The zero-order chi connectivity index (χ0) is 16.4. The molecule has 1 aromatic carbocycles. The summed E-state index contributed by atoms with van der Waals surface area (Å²) in [5.41, 5.74) is 2.69. The second-order valence-electron chi connectivity index (χ2n) is 5.94. The molecule has 0 saturated carbocycles. The third kappa shape index (κ3) is 2.69. The lowest BCUT2D eigenvalue weighted by Crippen LogP contribution is -2.34. The standard InChI is InChI=1S/C19H18N4O/c24-19(22-16-6-1-4-15-5-2-10-21-18(15)16)23-13-3-7-17(23)14-8-11-20-12-9-14/h1-2,4-6,8-12,17H,3,7,13H2,(H,22,24)/t17-/m1/s1. The van der Waals surface area contributed by atoms with Crippen LogP contribution in [0.15, 0.2) is 61.1 Å². The predicted octanol–water partition coefficient (Wildman–Crippen LogP) is 4.00. The maximum Gasteiger partial charge on any atom is 0.322 e. The molecule has 0 spiro atoms. The Bertz CT molecular complexity index is 860. The van der Waals surface area contributed by atoms with Gasteiger partial charge in [0.15, 0.2) is 0 Å². The Morgan fingerprint density at radius 1 is 1.08 bits per heavy atom. The zero-order valence-electron chi connectivity index (χ0n) is 13.2. The van der Waals surface area contributed by atoms with Crippen LogP contribution in [0.3, 0.4) is 0 Å². The fourth-order valence-corrected chi connectivity index (χ4v) is 3.33. The summed E-state index contributed by atoms with van der Waals surface area (Å²) in [6.45, 7) is 0.761. The van der Waals surface area contributed by atoms with Crippen LogP contribution < -0.4 is 5.32 Å². The molecule has 1 atom stereocenters. The highest BCUT2D eigenvalue weighted by Gasteiger charge is 2.30. The molecule has 1 aliphatic rings. The average Bonchev–Trinajstić information content (AvgIpc) is 3.13. The molecule has 4 rings (SSSR count). The minimum atomic E-state index is -0.0764. The molecule has 1 aliphatic heterocycles. The second-order valence-corrected chi connectivity index (χ2v) is 5.94. The number of nitrogens with zero attached hydrogens (tertiary/aromatic N) is 3. The second kappa shape index (κ2) is 6.28. The number of rotatable bonds is 2. The lowest BCUT2D eigenvalue weighted by atomic mass is 10.1. The summed E-state index contributed by atoms with van der Waals surface area (Å²) in [6, 6.07) is 13.7. The van der Waals surface area contributed by atoms with Gasteiger partial charge in [-0.3, -0.25) is 9.97 Å². The first kappa shape index (κ1) is 14.6. The number of likely N-dealkylation sites (tertiary alicyclic amines) is 1. The molecule has 5 nitrogen and oxygen atoms in total. The Morgan fingerprint density at radius 2 is 1.92 bits per heavy atom. The minimum Gasteiger partial charge on any atom is -0.317 e. The average molecular weight is 318 g/mol. The maximum atomic E-state index is 12.8. The number of hydrogen-bond donors (Lipinski definition) is 1. The van der Waals surface area contributed by atoms with Crippen molar-refractivity contribution in [1.82, 2.24) is 14.9 Å². The van der Waals surface area contributed by atoms with Crippen LogP contribution >= 0.6 is 0 Å². The minimum absolute atomic E-state index is 0.0764. The number of para-hydroxylation sites is 1. The van der Waals surface area contributed by atoms with Crippen LogP contribution in [0.4, 0.5) is 10.5 Å². The normalized spacial score (nSPS) is 17.2. The molecule has 5 heteroatoms. The number of fused-ring (bicyclic) bond motifs is 1. The number of nitrogens with one attached hydrogen (secondary N) is 1. The van der Waals surface area contributed by atoms with E-state index in [2.05, 4.69) is 15.3 Å². The molecular weight excluding hydrogens is 300 g/mol. The van der Waals surface area contributed by atoms with Crippen molar-refractivity contribution >= 4 is 22.6 Å². The van der Waals surface area contributed by atoms with Gasteiger partial charge in [-0.15, -0.1) is 0 Å². The first-order valence-corrected chi connectivity index (χ1v) is 8.14. The zero-order valence-corrected chi connectivity index (χ0v) is 13.2. The molecule has 0 unspecified atom stereocenters. The van der Waals surface area contributed by atoms with E-state index in [1.807, 2.05) is 47.4 Å². The van der Waals surface area contributed by atoms with E-state index in [4.69, 9.17) is 0 Å². The molecular formula is C19H18N4O. The van der Waals surface area contributed by atoms with Gasteiger partial charge in [0, 0.05) is 30.5 Å². The maximum absolute atomic E-state index is 12.8. The highest BCUT2D eigenvalue weighted by atomic mass is 16.2. The summed E-state index contributed by atoms with van der Waals surface area (Å²) in [7, 11) is 0. The Labute approximate surface area is 140 Å². The van der Waals surface area contributed by atoms with Crippen molar-refractivity contribution in [3.05, 3.63) is 66.6 Å². The van der Waals surface area contributed by atoms with Crippen molar-refractivity contribution < 1.29 is 4.79 Å². The van der Waals surface area contributed by atoms with Crippen LogP contribution in [0.2, 0.25) is 0 Å². The molecule has 1 saturated heterocycles. The van der Waals surface area contributed by atoms with E-state index in [9.17, 15) is 4.79 Å². The molecule has 24 heavy (non-hydrogen) atoms. The highest BCUT2D eigenvalue weighted by molar-refractivity contribution is 5.99. The highest BCUT2D eigenvalue weighted by Crippen LogP contribution is 2.32. The van der Waals surface area contributed by atoms with Gasteiger partial charge < -0.3 is 10.2 Å². The van der Waals surface area contributed by atoms with E-state index in [0.717, 1.165) is 41.5 Å². The molecule has 1 fully saturated rings. The van der Waals surface area contributed by atoms with E-state index in [1.54, 1.807) is 18.6 Å². The van der Waals surface area contributed by atoms with Crippen molar-refractivity contribution in [3.8, 4) is 0 Å². The number of aromatic nitrogens is 2. The predicted molar refractivity (Wildman–Crippen MR) is 93.7 cm³/mol. The number of carbonyl (C=O) groups is 1. The third-order valence-electron chi connectivity index (χ3n) is 4.48. The number of anilines is 1. The van der Waals surface area contributed by atoms with Gasteiger partial charge in [0.05, 0.1) is 17.2 Å². The molecule has 0 aliphatic carbocycles. The molecule has 2 aromatic heterocycles. The van der Waals surface area contributed by atoms with E-state index in [0.29, 0.717) is 0 Å². The number of urea groups is 1. The summed E-state index contributed by atoms with van der Waals surface area (Å²) in [5, 5.41) is 4.05. The van der Waals surface area contributed by atoms with Crippen LogP contribution in [-0.2, 0) is 0 Å². The van der Waals surface area contributed by atoms with Gasteiger partial charge >= 0.3 is 6.03 Å². The molecule has 3 heterocycles. The van der Waals surface area contributed by atoms with Crippen LogP contribution in [0.25, 0.3) is 10.9 Å². The lowest BCUT2D eigenvalue weighted by molar-refractivity contribution is 0.207. The summed E-state index contributed by atoms with van der Waals surface area (Å²) in [5.74, 6) is 0. The monoisotopic (exact) mass is 318 g/mol. The van der Waals surface area contributed by atoms with Gasteiger partial charge in [-0.25, -0.2) is 4.79 Å². The SMILES string of the molecule is O=C(Nc1cccc2cccnc12)N1CCC[C@@H]1c1ccncc1. The first-order valence-electron chi connectivity index (χ1n) is 8.14. The summed E-state index contributed by atoms with van der Waals surface area (Å²) < 4.78 is 0. The molecule has 2 amide bonds. The van der Waals surface area contributed by atoms with Crippen molar-refractivity contribution in [2.24, 2.45) is 0 Å². The Kier molecular flexibility index (Phi) is 3.83. The van der Waals surface area contributed by atoms with Crippen molar-refractivity contribution in [3.63, 3.8) is 0 Å². The third-order valence-corrected chi connectivity index (χ3v) is 4.48. The first-order chi connectivity index (χ1) is 11.8. The molecule has 3 aromatic rings. The van der Waals surface area contributed by atoms with Crippen molar-refractivity contribution in [2.45, 2.75) is 18.9 Å².